The zero-order valence-electron chi connectivity index (χ0n) is 9.42. The number of methoxy groups -OCH3 is 1. The van der Waals surface area contributed by atoms with Gasteiger partial charge in [-0.05, 0) is 31.2 Å². The molecule has 0 amide bonds. The zero-order chi connectivity index (χ0) is 10.2. The topological polar surface area (TPSA) is 30.5 Å². The molecule has 0 radical (unpaired) electrons. The van der Waals surface area contributed by atoms with E-state index in [0.29, 0.717) is 0 Å². The molecule has 1 saturated heterocycles. The summed E-state index contributed by atoms with van der Waals surface area (Å²) in [5.41, 5.74) is 0. The molecule has 1 heterocycles. The van der Waals surface area contributed by atoms with Crippen molar-refractivity contribution < 1.29 is 9.47 Å². The van der Waals surface area contributed by atoms with Gasteiger partial charge in [0.1, 0.15) is 0 Å². The van der Waals surface area contributed by atoms with E-state index in [0.717, 1.165) is 44.7 Å². The fourth-order valence-corrected chi connectivity index (χ4v) is 1.94. The van der Waals surface area contributed by atoms with Crippen LogP contribution in [-0.4, -0.2) is 40.0 Å². The quantitative estimate of drug-likeness (QED) is 0.630. The summed E-state index contributed by atoms with van der Waals surface area (Å²) in [5, 5.41) is 3.39. The highest BCUT2D eigenvalue weighted by molar-refractivity contribution is 4.68. The lowest BCUT2D eigenvalue weighted by atomic mass is 9.95. The highest BCUT2D eigenvalue weighted by Crippen LogP contribution is 2.20. The summed E-state index contributed by atoms with van der Waals surface area (Å²) >= 11 is 0. The highest BCUT2D eigenvalue weighted by Gasteiger charge is 2.17. The van der Waals surface area contributed by atoms with Crippen LogP contribution in [0.5, 0.6) is 0 Å². The summed E-state index contributed by atoms with van der Waals surface area (Å²) in [7, 11) is 1.74. The van der Waals surface area contributed by atoms with Crippen molar-refractivity contribution in [1.82, 2.24) is 5.32 Å². The third-order valence-corrected chi connectivity index (χ3v) is 2.74. The Bertz CT molecular complexity index is 135. The van der Waals surface area contributed by atoms with Crippen molar-refractivity contribution >= 4 is 0 Å². The second-order valence-electron chi connectivity index (χ2n) is 4.27. The molecule has 84 valence electrons. The maximum absolute atomic E-state index is 5.36. The third kappa shape index (κ3) is 4.94. The number of rotatable bonds is 7. The Morgan fingerprint density at radius 1 is 1.57 bits per heavy atom. The third-order valence-electron chi connectivity index (χ3n) is 2.74. The molecule has 0 spiro atoms. The SMILES string of the molecule is COCCNCC(C)CC1CCOC1. The number of nitrogens with one attached hydrogen (secondary N) is 1. The van der Waals surface area contributed by atoms with Crippen LogP contribution in [0, 0.1) is 11.8 Å². The van der Waals surface area contributed by atoms with Crippen LogP contribution in [0.1, 0.15) is 19.8 Å². The van der Waals surface area contributed by atoms with Gasteiger partial charge in [0.15, 0.2) is 0 Å². The Labute approximate surface area is 87.2 Å². The van der Waals surface area contributed by atoms with E-state index < -0.39 is 0 Å². The number of ether oxygens (including phenoxy) is 2. The van der Waals surface area contributed by atoms with Gasteiger partial charge in [-0.25, -0.2) is 0 Å². The van der Waals surface area contributed by atoms with Crippen molar-refractivity contribution in [1.29, 1.82) is 0 Å². The van der Waals surface area contributed by atoms with E-state index in [1.165, 1.54) is 12.8 Å². The second kappa shape index (κ2) is 7.21. The second-order valence-corrected chi connectivity index (χ2v) is 4.27. The van der Waals surface area contributed by atoms with Gasteiger partial charge in [-0.2, -0.15) is 0 Å². The molecule has 1 N–H and O–H groups in total. The highest BCUT2D eigenvalue weighted by atomic mass is 16.5. The van der Waals surface area contributed by atoms with Crippen molar-refractivity contribution in [3.63, 3.8) is 0 Å². The molecule has 0 aliphatic carbocycles. The van der Waals surface area contributed by atoms with Gasteiger partial charge in [0.25, 0.3) is 0 Å². The summed E-state index contributed by atoms with van der Waals surface area (Å²) in [5.74, 6) is 1.55. The Morgan fingerprint density at radius 2 is 2.43 bits per heavy atom. The summed E-state index contributed by atoms with van der Waals surface area (Å²) in [6, 6.07) is 0. The van der Waals surface area contributed by atoms with E-state index in [1.54, 1.807) is 7.11 Å². The molecule has 0 saturated carbocycles. The largest absolute Gasteiger partial charge is 0.383 e. The van der Waals surface area contributed by atoms with Crippen molar-refractivity contribution in [2.45, 2.75) is 19.8 Å². The molecular weight excluding hydrogens is 178 g/mol. The maximum atomic E-state index is 5.36. The van der Waals surface area contributed by atoms with Crippen molar-refractivity contribution in [3.05, 3.63) is 0 Å². The molecule has 1 rings (SSSR count). The average molecular weight is 201 g/mol. The van der Waals surface area contributed by atoms with E-state index in [9.17, 15) is 0 Å². The lowest BCUT2D eigenvalue weighted by Crippen LogP contribution is -2.26. The molecule has 3 nitrogen and oxygen atoms in total. The molecule has 14 heavy (non-hydrogen) atoms. The van der Waals surface area contributed by atoms with E-state index in [2.05, 4.69) is 12.2 Å². The fraction of sp³-hybridized carbons (Fsp3) is 1.00. The summed E-state index contributed by atoms with van der Waals surface area (Å²) < 4.78 is 10.3. The minimum absolute atomic E-state index is 0.749. The van der Waals surface area contributed by atoms with Gasteiger partial charge in [0, 0.05) is 26.9 Å². The Kier molecular flexibility index (Phi) is 6.15. The van der Waals surface area contributed by atoms with Crippen LogP contribution in [0.15, 0.2) is 0 Å². The minimum atomic E-state index is 0.749. The molecule has 1 aliphatic heterocycles. The summed E-state index contributed by atoms with van der Waals surface area (Å²) in [6.07, 6.45) is 2.54. The van der Waals surface area contributed by atoms with Gasteiger partial charge >= 0.3 is 0 Å². The Morgan fingerprint density at radius 3 is 3.07 bits per heavy atom. The molecule has 3 heteroatoms. The predicted octanol–water partition coefficient (Wildman–Crippen LogP) is 1.29. The van der Waals surface area contributed by atoms with Crippen LogP contribution in [0.2, 0.25) is 0 Å². The van der Waals surface area contributed by atoms with Crippen molar-refractivity contribution in [3.8, 4) is 0 Å². The molecule has 0 aromatic heterocycles. The molecule has 0 aromatic rings. The van der Waals surface area contributed by atoms with Gasteiger partial charge in [0.2, 0.25) is 0 Å². The minimum Gasteiger partial charge on any atom is -0.383 e. The van der Waals surface area contributed by atoms with Crippen molar-refractivity contribution in [2.24, 2.45) is 11.8 Å². The van der Waals surface area contributed by atoms with Crippen LogP contribution >= 0.6 is 0 Å². The van der Waals surface area contributed by atoms with Crippen LogP contribution in [0.4, 0.5) is 0 Å². The first kappa shape index (κ1) is 12.0. The van der Waals surface area contributed by atoms with Crippen molar-refractivity contribution in [2.75, 3.05) is 40.0 Å². The van der Waals surface area contributed by atoms with Crippen LogP contribution in [0.3, 0.4) is 0 Å². The van der Waals surface area contributed by atoms with Gasteiger partial charge in [-0.3, -0.25) is 0 Å². The summed E-state index contributed by atoms with van der Waals surface area (Å²) in [6.45, 7) is 7.11. The Balaban J connectivity index is 1.95. The molecule has 2 unspecified atom stereocenters. The van der Waals surface area contributed by atoms with Crippen LogP contribution < -0.4 is 5.32 Å². The molecule has 2 atom stereocenters. The fourth-order valence-electron chi connectivity index (χ4n) is 1.94. The normalized spacial score (nSPS) is 24.0. The first-order valence-electron chi connectivity index (χ1n) is 5.60. The maximum Gasteiger partial charge on any atom is 0.0587 e. The predicted molar refractivity (Wildman–Crippen MR) is 57.5 cm³/mol. The molecule has 0 aromatic carbocycles. The van der Waals surface area contributed by atoms with E-state index >= 15 is 0 Å². The first-order valence-corrected chi connectivity index (χ1v) is 5.60. The van der Waals surface area contributed by atoms with Crippen LogP contribution in [-0.2, 0) is 9.47 Å². The number of hydrogen-bond donors (Lipinski definition) is 1. The average Bonchev–Trinajstić information content (AvgIpc) is 2.65. The lowest BCUT2D eigenvalue weighted by Gasteiger charge is -2.15. The first-order chi connectivity index (χ1) is 6.83. The Hall–Kier alpha value is -0.120. The molecule has 1 aliphatic rings. The van der Waals surface area contributed by atoms with E-state index in [1.807, 2.05) is 0 Å². The van der Waals surface area contributed by atoms with Gasteiger partial charge in [-0.15, -0.1) is 0 Å². The monoisotopic (exact) mass is 201 g/mol. The van der Waals surface area contributed by atoms with E-state index in [4.69, 9.17) is 9.47 Å². The number of hydrogen-bond acceptors (Lipinski definition) is 3. The zero-order valence-corrected chi connectivity index (χ0v) is 9.42. The van der Waals surface area contributed by atoms with Gasteiger partial charge in [-0.1, -0.05) is 6.92 Å². The lowest BCUT2D eigenvalue weighted by molar-refractivity contribution is 0.179. The van der Waals surface area contributed by atoms with Crippen LogP contribution in [0.25, 0.3) is 0 Å². The standard InChI is InChI=1S/C11H23NO2/c1-10(8-12-4-6-13-2)7-11-3-5-14-9-11/h10-12H,3-9H2,1-2H3. The molecule has 1 fully saturated rings. The summed E-state index contributed by atoms with van der Waals surface area (Å²) in [4.78, 5) is 0. The van der Waals surface area contributed by atoms with Gasteiger partial charge in [0.05, 0.1) is 6.61 Å². The van der Waals surface area contributed by atoms with E-state index in [-0.39, 0.29) is 0 Å². The molecule has 0 bridgehead atoms. The molecular formula is C11H23NO2. The smallest absolute Gasteiger partial charge is 0.0587 e. The van der Waals surface area contributed by atoms with Gasteiger partial charge < -0.3 is 14.8 Å².